The van der Waals surface area contributed by atoms with Crippen molar-refractivity contribution in [2.75, 3.05) is 20.1 Å². The van der Waals surface area contributed by atoms with Crippen molar-refractivity contribution in [1.82, 2.24) is 20.1 Å². The number of hydrazine groups is 1. The molecule has 2 aliphatic rings. The molecule has 4 rings (SSSR count). The molecule has 2 fully saturated rings. The van der Waals surface area contributed by atoms with Gasteiger partial charge in [0.2, 0.25) is 15.9 Å². The molecule has 3 unspecified atom stereocenters. The molecule has 0 radical (unpaired) electrons. The van der Waals surface area contributed by atoms with Crippen molar-refractivity contribution in [3.05, 3.63) is 66.0 Å². The Labute approximate surface area is 195 Å². The normalized spacial score (nSPS) is 23.6. The highest BCUT2D eigenvalue weighted by Gasteiger charge is 2.40. The predicted octanol–water partition coefficient (Wildman–Crippen LogP) is 2.83. The maximum atomic E-state index is 13.5. The zero-order chi connectivity index (χ0) is 23.4. The molecule has 7 nitrogen and oxygen atoms in total. The van der Waals surface area contributed by atoms with E-state index in [0.717, 1.165) is 24.8 Å². The van der Waals surface area contributed by atoms with Crippen molar-refractivity contribution in [2.24, 2.45) is 0 Å². The number of hydrogen-bond donors (Lipinski definition) is 2. The highest BCUT2D eigenvalue weighted by Crippen LogP contribution is 2.28. The van der Waals surface area contributed by atoms with Crippen LogP contribution in [0.5, 0.6) is 0 Å². The largest absolute Gasteiger partial charge is 0.344 e. The Morgan fingerprint density at radius 2 is 1.94 bits per heavy atom. The van der Waals surface area contributed by atoms with E-state index in [1.54, 1.807) is 54.4 Å². The molecule has 0 saturated carbocycles. The van der Waals surface area contributed by atoms with Crippen molar-refractivity contribution in [3.8, 4) is 0 Å². The highest BCUT2D eigenvalue weighted by atomic mass is 32.2. The maximum Gasteiger partial charge on any atom is 0.243 e. The Kier molecular flexibility index (Phi) is 7.43. The van der Waals surface area contributed by atoms with Crippen LogP contribution in [-0.2, 0) is 14.8 Å². The first kappa shape index (κ1) is 23.8. The van der Waals surface area contributed by atoms with Gasteiger partial charge in [-0.25, -0.2) is 12.8 Å². The average Bonchev–Trinajstić information content (AvgIpc) is 3.49. The Morgan fingerprint density at radius 3 is 2.70 bits per heavy atom. The van der Waals surface area contributed by atoms with Gasteiger partial charge in [0.15, 0.2) is 0 Å². The van der Waals surface area contributed by atoms with Crippen LogP contribution in [-0.4, -0.2) is 55.8 Å². The fourth-order valence-corrected chi connectivity index (χ4v) is 6.37. The first-order valence-corrected chi connectivity index (χ1v) is 12.9. The topological polar surface area (TPSA) is 81.8 Å². The third kappa shape index (κ3) is 5.43. The monoisotopic (exact) mass is 474 g/mol. The van der Waals surface area contributed by atoms with E-state index in [4.69, 9.17) is 0 Å². The average molecular weight is 475 g/mol. The second-order valence-electron chi connectivity index (χ2n) is 8.82. The van der Waals surface area contributed by atoms with Gasteiger partial charge in [-0.1, -0.05) is 30.3 Å². The first-order chi connectivity index (χ1) is 15.9. The second kappa shape index (κ2) is 10.3. The van der Waals surface area contributed by atoms with Gasteiger partial charge in [0.25, 0.3) is 0 Å². The molecule has 0 aliphatic carbocycles. The number of amides is 1. The Morgan fingerprint density at radius 1 is 1.15 bits per heavy atom. The number of nitrogens with one attached hydrogen (secondary N) is 2. The molecule has 2 heterocycles. The van der Waals surface area contributed by atoms with Crippen LogP contribution in [0.25, 0.3) is 0 Å². The number of rotatable bonds is 8. The molecule has 0 spiro atoms. The SMILES string of the molecule is CN(CCCC1CC(c2cccc(F)c2)NN1)C(=O)C1CCCN1S(=O)(=O)c1ccccc1. The molecule has 33 heavy (non-hydrogen) atoms. The molecule has 2 aliphatic heterocycles. The summed E-state index contributed by atoms with van der Waals surface area (Å²) in [5.41, 5.74) is 7.40. The van der Waals surface area contributed by atoms with E-state index in [1.807, 2.05) is 6.07 Å². The van der Waals surface area contributed by atoms with Crippen LogP contribution < -0.4 is 10.9 Å². The van der Waals surface area contributed by atoms with Crippen LogP contribution in [0, 0.1) is 5.82 Å². The number of likely N-dealkylation sites (N-methyl/N-ethyl adjacent to an activating group) is 1. The fourth-order valence-electron chi connectivity index (χ4n) is 4.70. The Hall–Kier alpha value is -2.33. The Bertz CT molecular complexity index is 1070. The summed E-state index contributed by atoms with van der Waals surface area (Å²) in [5, 5.41) is 0. The molecule has 2 aromatic rings. The van der Waals surface area contributed by atoms with Crippen LogP contribution in [0.3, 0.4) is 0 Å². The number of hydrogen-bond acceptors (Lipinski definition) is 5. The van der Waals surface area contributed by atoms with E-state index in [-0.39, 0.29) is 28.7 Å². The van der Waals surface area contributed by atoms with E-state index in [1.165, 1.54) is 10.4 Å². The van der Waals surface area contributed by atoms with Crippen LogP contribution in [0.2, 0.25) is 0 Å². The molecular formula is C24H31FN4O3S. The van der Waals surface area contributed by atoms with Gasteiger partial charge in [0.05, 0.1) is 4.90 Å². The summed E-state index contributed by atoms with van der Waals surface area (Å²) in [7, 11) is -1.95. The minimum atomic E-state index is -3.69. The number of halogens is 1. The maximum absolute atomic E-state index is 13.5. The van der Waals surface area contributed by atoms with Crippen molar-refractivity contribution in [3.63, 3.8) is 0 Å². The van der Waals surface area contributed by atoms with Gasteiger partial charge in [0.1, 0.15) is 11.9 Å². The van der Waals surface area contributed by atoms with Gasteiger partial charge < -0.3 is 4.90 Å². The second-order valence-corrected chi connectivity index (χ2v) is 10.7. The van der Waals surface area contributed by atoms with Crippen molar-refractivity contribution < 1.29 is 17.6 Å². The fraction of sp³-hybridized carbons (Fsp3) is 0.458. The smallest absolute Gasteiger partial charge is 0.243 e. The molecular weight excluding hydrogens is 443 g/mol. The summed E-state index contributed by atoms with van der Waals surface area (Å²) < 4.78 is 40.9. The van der Waals surface area contributed by atoms with E-state index >= 15 is 0 Å². The molecule has 2 saturated heterocycles. The van der Waals surface area contributed by atoms with Gasteiger partial charge in [-0.3, -0.25) is 15.6 Å². The summed E-state index contributed by atoms with van der Waals surface area (Å²) in [5.74, 6) is -0.393. The zero-order valence-corrected chi connectivity index (χ0v) is 19.6. The summed E-state index contributed by atoms with van der Waals surface area (Å²) >= 11 is 0. The van der Waals surface area contributed by atoms with Gasteiger partial charge in [-0.05, 0) is 61.9 Å². The lowest BCUT2D eigenvalue weighted by Gasteiger charge is -2.27. The third-order valence-corrected chi connectivity index (χ3v) is 8.42. The van der Waals surface area contributed by atoms with Gasteiger partial charge in [-0.2, -0.15) is 4.31 Å². The van der Waals surface area contributed by atoms with Gasteiger partial charge >= 0.3 is 0 Å². The van der Waals surface area contributed by atoms with Crippen molar-refractivity contribution >= 4 is 15.9 Å². The molecule has 9 heteroatoms. The van der Waals surface area contributed by atoms with E-state index < -0.39 is 16.1 Å². The minimum Gasteiger partial charge on any atom is -0.344 e. The van der Waals surface area contributed by atoms with Crippen molar-refractivity contribution in [1.29, 1.82) is 0 Å². The van der Waals surface area contributed by atoms with E-state index in [9.17, 15) is 17.6 Å². The molecule has 0 bridgehead atoms. The number of carbonyl (C=O) groups is 1. The van der Waals surface area contributed by atoms with E-state index in [2.05, 4.69) is 10.9 Å². The number of carbonyl (C=O) groups excluding carboxylic acids is 1. The molecule has 178 valence electrons. The molecule has 2 N–H and O–H groups in total. The molecule has 2 aromatic carbocycles. The summed E-state index contributed by atoms with van der Waals surface area (Å²) in [4.78, 5) is 15.0. The predicted molar refractivity (Wildman–Crippen MR) is 124 cm³/mol. The first-order valence-electron chi connectivity index (χ1n) is 11.4. The summed E-state index contributed by atoms with van der Waals surface area (Å²) in [6, 6.07) is 14.5. The van der Waals surface area contributed by atoms with Crippen molar-refractivity contribution in [2.45, 2.75) is 55.1 Å². The van der Waals surface area contributed by atoms with Crippen LogP contribution >= 0.6 is 0 Å². The lowest BCUT2D eigenvalue weighted by atomic mass is 9.99. The lowest BCUT2D eigenvalue weighted by molar-refractivity contribution is -0.133. The summed E-state index contributed by atoms with van der Waals surface area (Å²) in [6.07, 6.45) is 3.70. The van der Waals surface area contributed by atoms with E-state index in [0.29, 0.717) is 25.9 Å². The highest BCUT2D eigenvalue weighted by molar-refractivity contribution is 7.89. The van der Waals surface area contributed by atoms with Crippen LogP contribution in [0.1, 0.15) is 43.7 Å². The number of sulfonamides is 1. The van der Waals surface area contributed by atoms with Crippen LogP contribution in [0.4, 0.5) is 4.39 Å². The Balaban J connectivity index is 1.28. The standard InChI is InChI=1S/C24H31FN4O3S/c1-28(14-6-10-20-17-22(27-26-20)18-8-5-9-19(25)16-18)24(30)23-13-7-15-29(23)33(31,32)21-11-3-2-4-12-21/h2-5,8-9,11-12,16,20,22-23,26-27H,6-7,10,13-15,17H2,1H3. The van der Waals surface area contributed by atoms with Crippen LogP contribution in [0.15, 0.2) is 59.5 Å². The molecule has 1 amide bonds. The number of benzene rings is 2. The third-order valence-electron chi connectivity index (χ3n) is 6.49. The summed E-state index contributed by atoms with van der Waals surface area (Å²) in [6.45, 7) is 0.915. The lowest BCUT2D eigenvalue weighted by Crippen LogP contribution is -2.46. The molecule has 3 atom stereocenters. The van der Waals surface area contributed by atoms with Gasteiger partial charge in [0, 0.05) is 32.2 Å². The number of nitrogens with zero attached hydrogens (tertiary/aromatic N) is 2. The van der Waals surface area contributed by atoms with Gasteiger partial charge in [-0.15, -0.1) is 0 Å². The quantitative estimate of drug-likeness (QED) is 0.615. The molecule has 0 aromatic heterocycles. The minimum absolute atomic E-state index is 0.0558. The zero-order valence-electron chi connectivity index (χ0n) is 18.8.